The van der Waals surface area contributed by atoms with Gasteiger partial charge in [-0.25, -0.2) is 9.98 Å². The van der Waals surface area contributed by atoms with Crippen LogP contribution in [-0.4, -0.2) is 64.2 Å². The number of halogens is 3. The average Bonchev–Trinajstić information content (AvgIpc) is 3.55. The summed E-state index contributed by atoms with van der Waals surface area (Å²) in [6.45, 7) is 6.22. The highest BCUT2D eigenvalue weighted by Gasteiger charge is 2.31. The summed E-state index contributed by atoms with van der Waals surface area (Å²) in [6, 6.07) is 8.88. The van der Waals surface area contributed by atoms with E-state index in [2.05, 4.69) is 40.1 Å². The van der Waals surface area contributed by atoms with Gasteiger partial charge in [0.15, 0.2) is 5.84 Å². The first-order chi connectivity index (χ1) is 17.7. The molecule has 37 heavy (non-hydrogen) atoms. The largest absolute Gasteiger partial charge is 0.573 e. The topological polar surface area (TPSA) is 127 Å². The molecule has 1 aliphatic rings. The van der Waals surface area contributed by atoms with Gasteiger partial charge in [0, 0.05) is 24.8 Å². The molecule has 2 aromatic heterocycles. The fourth-order valence-electron chi connectivity index (χ4n) is 3.73. The Hall–Kier alpha value is -4.00. The van der Waals surface area contributed by atoms with Gasteiger partial charge in [-0.15, -0.1) is 13.2 Å². The summed E-state index contributed by atoms with van der Waals surface area (Å²) in [5.74, 6) is 0.926. The highest BCUT2D eigenvalue weighted by molar-refractivity contribution is 6.02. The fraction of sp³-hybridized carbons (Fsp3) is 0.375. The quantitative estimate of drug-likeness (QED) is 0.324. The number of pyridine rings is 1. The number of benzene rings is 1. The molecule has 4 rings (SSSR count). The Kier molecular flexibility index (Phi) is 8.33. The molecule has 3 N–H and O–H groups in total. The van der Waals surface area contributed by atoms with Crippen LogP contribution in [0.1, 0.15) is 31.2 Å². The number of nitrogens with one attached hydrogen (secondary N) is 1. The van der Waals surface area contributed by atoms with Crippen LogP contribution in [0.15, 0.2) is 57.1 Å². The Morgan fingerprint density at radius 1 is 1.19 bits per heavy atom. The first-order valence-electron chi connectivity index (χ1n) is 11.7. The zero-order valence-electron chi connectivity index (χ0n) is 20.2. The van der Waals surface area contributed by atoms with Crippen LogP contribution < -0.4 is 15.8 Å². The van der Waals surface area contributed by atoms with Crippen molar-refractivity contribution in [3.63, 3.8) is 0 Å². The third-order valence-corrected chi connectivity index (χ3v) is 5.52. The van der Waals surface area contributed by atoms with Gasteiger partial charge < -0.3 is 25.2 Å². The molecule has 0 atom stereocenters. The molecule has 1 aromatic carbocycles. The lowest BCUT2D eigenvalue weighted by molar-refractivity contribution is -0.274. The van der Waals surface area contributed by atoms with Gasteiger partial charge >= 0.3 is 6.36 Å². The first-order valence-corrected chi connectivity index (χ1v) is 11.7. The highest BCUT2D eigenvalue weighted by atomic mass is 19.4. The normalized spacial score (nSPS) is 15.2. The van der Waals surface area contributed by atoms with Crippen LogP contribution in [0, 0.1) is 0 Å². The molecule has 196 valence electrons. The van der Waals surface area contributed by atoms with Crippen LogP contribution in [0.2, 0.25) is 0 Å². The van der Waals surface area contributed by atoms with Gasteiger partial charge in [0.05, 0.1) is 6.54 Å². The molecule has 0 unspecified atom stereocenters. The molecule has 0 aliphatic carbocycles. The summed E-state index contributed by atoms with van der Waals surface area (Å²) in [5.41, 5.74) is 7.37. The molecule has 1 saturated heterocycles. The van der Waals surface area contributed by atoms with Gasteiger partial charge in [-0.3, -0.25) is 4.99 Å². The minimum atomic E-state index is -4.77. The molecule has 0 saturated carbocycles. The second-order valence-electron chi connectivity index (χ2n) is 8.38. The van der Waals surface area contributed by atoms with Gasteiger partial charge in [0.25, 0.3) is 5.89 Å². The summed E-state index contributed by atoms with van der Waals surface area (Å²) >= 11 is 0. The van der Waals surface area contributed by atoms with E-state index in [1.54, 1.807) is 13.1 Å². The van der Waals surface area contributed by atoms with E-state index < -0.39 is 6.36 Å². The zero-order valence-corrected chi connectivity index (χ0v) is 20.2. The van der Waals surface area contributed by atoms with E-state index in [0.29, 0.717) is 17.9 Å². The molecule has 0 bridgehead atoms. The number of alkyl halides is 3. The van der Waals surface area contributed by atoms with Gasteiger partial charge in [-0.1, -0.05) is 5.16 Å². The number of anilines is 1. The van der Waals surface area contributed by atoms with Crippen molar-refractivity contribution in [3.8, 4) is 17.1 Å². The SMILES string of the molecule is CC(=NCc1ccnc(NCCN2CCCC2)c1)N=C(N)c1nc(-c2ccc(OC(F)(F)F)cc2)no1. The Balaban J connectivity index is 1.32. The van der Waals surface area contributed by atoms with Gasteiger partial charge in [-0.2, -0.15) is 4.98 Å². The predicted octanol–water partition coefficient (Wildman–Crippen LogP) is 3.86. The molecular formula is C24H27F3N8O2. The molecule has 0 amide bonds. The van der Waals surface area contributed by atoms with Crippen molar-refractivity contribution >= 4 is 17.5 Å². The lowest BCUT2D eigenvalue weighted by atomic mass is 10.2. The maximum absolute atomic E-state index is 12.3. The van der Waals surface area contributed by atoms with Crippen LogP contribution in [0.25, 0.3) is 11.4 Å². The second-order valence-corrected chi connectivity index (χ2v) is 8.38. The monoisotopic (exact) mass is 516 g/mol. The molecule has 10 nitrogen and oxygen atoms in total. The Labute approximate surface area is 211 Å². The number of aliphatic imine (C=N–C) groups is 2. The van der Waals surface area contributed by atoms with Crippen molar-refractivity contribution in [1.82, 2.24) is 20.0 Å². The summed E-state index contributed by atoms with van der Waals surface area (Å²) in [6.07, 6.45) is -0.500. The number of rotatable bonds is 9. The molecule has 3 aromatic rings. The van der Waals surface area contributed by atoms with E-state index in [9.17, 15) is 13.2 Å². The van der Waals surface area contributed by atoms with Crippen LogP contribution in [0.5, 0.6) is 5.75 Å². The maximum atomic E-state index is 12.3. The van der Waals surface area contributed by atoms with E-state index in [0.717, 1.165) is 49.7 Å². The Morgan fingerprint density at radius 3 is 2.68 bits per heavy atom. The second kappa shape index (κ2) is 11.8. The van der Waals surface area contributed by atoms with Crippen LogP contribution in [0.4, 0.5) is 19.0 Å². The van der Waals surface area contributed by atoms with Crippen LogP contribution in [-0.2, 0) is 6.54 Å². The smallest absolute Gasteiger partial charge is 0.406 e. The number of nitrogens with zero attached hydrogens (tertiary/aromatic N) is 6. The van der Waals surface area contributed by atoms with Crippen LogP contribution >= 0.6 is 0 Å². The highest BCUT2D eigenvalue weighted by Crippen LogP contribution is 2.25. The van der Waals surface area contributed by atoms with Gasteiger partial charge in [0.1, 0.15) is 17.4 Å². The van der Waals surface area contributed by atoms with Crippen molar-refractivity contribution in [2.75, 3.05) is 31.5 Å². The number of hydrogen-bond donors (Lipinski definition) is 2. The molecule has 0 spiro atoms. The van der Waals surface area contributed by atoms with E-state index in [1.165, 1.54) is 25.0 Å². The first kappa shape index (κ1) is 26.1. The minimum absolute atomic E-state index is 0.0315. The molecular weight excluding hydrogens is 489 g/mol. The summed E-state index contributed by atoms with van der Waals surface area (Å²) in [4.78, 5) is 19.6. The van der Waals surface area contributed by atoms with Gasteiger partial charge in [-0.05, 0) is 74.8 Å². The van der Waals surface area contributed by atoms with Crippen molar-refractivity contribution in [2.24, 2.45) is 15.7 Å². The number of hydrogen-bond acceptors (Lipinski definition) is 8. The van der Waals surface area contributed by atoms with E-state index >= 15 is 0 Å². The minimum Gasteiger partial charge on any atom is -0.406 e. The number of aromatic nitrogens is 3. The summed E-state index contributed by atoms with van der Waals surface area (Å²) in [7, 11) is 0. The molecule has 1 fully saturated rings. The van der Waals surface area contributed by atoms with Crippen molar-refractivity contribution in [1.29, 1.82) is 0 Å². The standard InChI is InChI=1S/C24H27F3N8O2/c1-16(31-15-17-8-9-29-20(14-17)30-10-13-35-11-2-3-12-35)32-21(28)23-33-22(34-37-23)18-4-6-19(7-5-18)36-24(25,26)27/h4-9,14H,2-3,10-13,15H2,1H3,(H,29,30)(H2,28,31,32). The number of nitrogens with two attached hydrogens (primary N) is 1. The van der Waals surface area contributed by atoms with Crippen LogP contribution in [0.3, 0.4) is 0 Å². The van der Waals surface area contributed by atoms with Crippen molar-refractivity contribution in [3.05, 3.63) is 54.0 Å². The molecule has 3 heterocycles. The van der Waals surface area contributed by atoms with E-state index in [4.69, 9.17) is 10.3 Å². The zero-order chi connectivity index (χ0) is 26.3. The number of ether oxygens (including phenoxy) is 1. The van der Waals surface area contributed by atoms with Gasteiger partial charge in [0.2, 0.25) is 5.82 Å². The number of amidine groups is 2. The average molecular weight is 517 g/mol. The van der Waals surface area contributed by atoms with E-state index in [-0.39, 0.29) is 23.3 Å². The molecule has 13 heteroatoms. The third kappa shape index (κ3) is 8.00. The van der Waals surface area contributed by atoms with Crippen molar-refractivity contribution < 1.29 is 22.4 Å². The van der Waals surface area contributed by atoms with E-state index in [1.807, 2.05) is 12.1 Å². The lowest BCUT2D eigenvalue weighted by Gasteiger charge is -2.15. The lowest BCUT2D eigenvalue weighted by Crippen LogP contribution is -2.26. The maximum Gasteiger partial charge on any atom is 0.573 e. The molecule has 0 radical (unpaired) electrons. The van der Waals surface area contributed by atoms with Crippen molar-refractivity contribution in [2.45, 2.75) is 32.7 Å². The fourth-order valence-corrected chi connectivity index (χ4v) is 3.73. The third-order valence-electron chi connectivity index (χ3n) is 5.52. The molecule has 1 aliphatic heterocycles. The Bertz CT molecular complexity index is 1240. The summed E-state index contributed by atoms with van der Waals surface area (Å²) in [5, 5.41) is 7.15. The summed E-state index contributed by atoms with van der Waals surface area (Å²) < 4.78 is 45.9. The Morgan fingerprint density at radius 2 is 1.95 bits per heavy atom. The predicted molar refractivity (Wildman–Crippen MR) is 132 cm³/mol. The number of likely N-dealkylation sites (tertiary alicyclic amines) is 1.